The summed E-state index contributed by atoms with van der Waals surface area (Å²) >= 11 is 0. The van der Waals surface area contributed by atoms with Gasteiger partial charge in [0.05, 0.1) is 6.61 Å². The van der Waals surface area contributed by atoms with E-state index in [0.29, 0.717) is 6.61 Å². The van der Waals surface area contributed by atoms with Gasteiger partial charge in [0.15, 0.2) is 0 Å². The highest BCUT2D eigenvalue weighted by atomic mass is 16.5. The van der Waals surface area contributed by atoms with Crippen molar-refractivity contribution < 1.29 is 68.9 Å². The minimum absolute atomic E-state index is 0.226. The number of esters is 1. The lowest BCUT2D eigenvalue weighted by Crippen LogP contribution is -2.28. The lowest BCUT2D eigenvalue weighted by molar-refractivity contribution is -0.143. The molecule has 0 aromatic heterocycles. The minimum Gasteiger partial charge on any atom is -0.465 e. The molecule has 220 valence electrons. The first-order chi connectivity index (χ1) is 17.1. The fourth-order valence-electron chi connectivity index (χ4n) is 1.11. The van der Waals surface area contributed by atoms with Crippen molar-refractivity contribution in [3.8, 4) is 0 Å². The second-order valence-electron chi connectivity index (χ2n) is 5.01. The van der Waals surface area contributed by atoms with E-state index in [4.69, 9.17) is 64.1 Å². The zero-order valence-corrected chi connectivity index (χ0v) is 20.1. The molecule has 0 heterocycles. The van der Waals surface area contributed by atoms with Crippen molar-refractivity contribution in [2.24, 2.45) is 34.4 Å². The van der Waals surface area contributed by atoms with Gasteiger partial charge in [-0.2, -0.15) is 0 Å². The van der Waals surface area contributed by atoms with Crippen LogP contribution in [0.15, 0.2) is 30.3 Å². The minimum atomic E-state index is -1.33. The van der Waals surface area contributed by atoms with E-state index < -0.39 is 36.6 Å². The molecule has 0 radical (unpaired) electrons. The maximum atomic E-state index is 11.3. The summed E-state index contributed by atoms with van der Waals surface area (Å²) in [7, 11) is 0. The first kappa shape index (κ1) is 45.6. The van der Waals surface area contributed by atoms with Crippen LogP contribution in [0.1, 0.15) is 13.8 Å². The first-order valence-corrected chi connectivity index (χ1v) is 9.02. The fourth-order valence-corrected chi connectivity index (χ4v) is 1.11. The van der Waals surface area contributed by atoms with Crippen LogP contribution in [0, 0.1) is 0 Å². The summed E-state index contributed by atoms with van der Waals surface area (Å²) in [5.41, 5.74) is 25.1. The van der Waals surface area contributed by atoms with Crippen molar-refractivity contribution in [1.29, 1.82) is 0 Å². The second kappa shape index (κ2) is 33.3. The van der Waals surface area contributed by atoms with Gasteiger partial charge in [-0.25, -0.2) is 33.6 Å². The Kier molecular flexibility index (Phi) is 39.9. The summed E-state index contributed by atoms with van der Waals surface area (Å²) in [6.45, 7) is 4.00. The van der Waals surface area contributed by atoms with Gasteiger partial charge in [0, 0.05) is 5.69 Å². The summed E-state index contributed by atoms with van der Waals surface area (Å²) in [6.07, 6.45) is -8.00. The van der Waals surface area contributed by atoms with Crippen LogP contribution in [-0.2, 0) is 9.53 Å². The van der Waals surface area contributed by atoms with Crippen molar-refractivity contribution in [2.45, 2.75) is 19.9 Å². The molecule has 0 unspecified atom stereocenters. The number of para-hydroxylation sites is 1. The van der Waals surface area contributed by atoms with Crippen LogP contribution in [0.5, 0.6) is 0 Å². The molecule has 21 heteroatoms. The molecule has 0 fully saturated rings. The van der Waals surface area contributed by atoms with E-state index in [1.807, 2.05) is 30.3 Å². The molecule has 6 amide bonds. The van der Waals surface area contributed by atoms with Crippen LogP contribution in [0.2, 0.25) is 0 Å². The van der Waals surface area contributed by atoms with Crippen LogP contribution in [0.3, 0.4) is 0 Å². The van der Waals surface area contributed by atoms with E-state index in [1.165, 1.54) is 0 Å². The van der Waals surface area contributed by atoms with Crippen LogP contribution >= 0.6 is 0 Å². The lowest BCUT2D eigenvalue weighted by Gasteiger charge is -2.13. The highest BCUT2D eigenvalue weighted by Crippen LogP contribution is 2.07. The third kappa shape index (κ3) is 148. The number of hydrogen-bond donors (Lipinski definition) is 13. The van der Waals surface area contributed by atoms with Crippen molar-refractivity contribution in [1.82, 2.24) is 0 Å². The number of carbonyl (C=O) groups excluding carboxylic acids is 1. The van der Waals surface area contributed by atoms with E-state index in [9.17, 15) is 4.79 Å². The topological polar surface area (TPSA) is 418 Å². The number of nitrogens with two attached hydrogens (primary N) is 6. The number of carbonyl (C=O) groups is 7. The number of carboxylic acid groups (broad SMARTS) is 6. The van der Waals surface area contributed by atoms with Gasteiger partial charge in [0.1, 0.15) is 6.04 Å². The molecule has 21 nitrogen and oxygen atoms in total. The van der Waals surface area contributed by atoms with Crippen LogP contribution < -0.4 is 39.7 Å². The quantitative estimate of drug-likeness (QED) is 0.212. The monoisotopic (exact) mass is 559 g/mol. The van der Waals surface area contributed by atoms with Crippen LogP contribution in [0.25, 0.3) is 0 Å². The average Bonchev–Trinajstić information content (AvgIpc) is 2.66. The molecular weight excluding hydrogens is 526 g/mol. The van der Waals surface area contributed by atoms with Gasteiger partial charge in [-0.3, -0.25) is 0 Å². The molecule has 0 aliphatic carbocycles. The van der Waals surface area contributed by atoms with E-state index in [2.05, 4.69) is 39.7 Å². The van der Waals surface area contributed by atoms with Gasteiger partial charge >= 0.3 is 42.5 Å². The standard InChI is InChI=1S/C11H15NO2.6CH3NO2/c1-3-14-11(13)9(2)12-10-7-5-4-6-8-10;6*2-1(3)4/h4-9,12H,3H2,1-2H3;6*2H2,(H,3,4)/t9-;;;;;;/m0....../s1. The molecule has 0 spiro atoms. The summed E-state index contributed by atoms with van der Waals surface area (Å²) in [6, 6.07) is 9.28. The molecule has 1 aromatic carbocycles. The number of anilines is 1. The first-order valence-electron chi connectivity index (χ1n) is 9.02. The molecular formula is C17H33N7O14. The van der Waals surface area contributed by atoms with Crippen LogP contribution in [-0.4, -0.2) is 85.8 Å². The number of nitrogens with one attached hydrogen (secondary N) is 1. The number of amides is 6. The van der Waals surface area contributed by atoms with Gasteiger partial charge < -0.3 is 75.1 Å². The molecule has 1 rings (SSSR count). The normalized spacial score (nSPS) is 8.16. The molecule has 0 saturated carbocycles. The van der Waals surface area contributed by atoms with Gasteiger partial charge in [0.25, 0.3) is 0 Å². The molecule has 0 aliphatic rings. The van der Waals surface area contributed by atoms with Crippen molar-refractivity contribution in [3.05, 3.63) is 30.3 Å². The zero-order valence-electron chi connectivity index (χ0n) is 20.1. The Bertz CT molecular complexity index is 692. The average molecular weight is 559 g/mol. The van der Waals surface area contributed by atoms with Crippen LogP contribution in [0.4, 0.5) is 34.5 Å². The summed E-state index contributed by atoms with van der Waals surface area (Å²) in [5, 5.41) is 46.2. The van der Waals surface area contributed by atoms with Gasteiger partial charge in [0.2, 0.25) is 0 Å². The third-order valence-corrected chi connectivity index (χ3v) is 1.80. The maximum absolute atomic E-state index is 11.3. The molecule has 38 heavy (non-hydrogen) atoms. The number of rotatable bonds is 4. The maximum Gasteiger partial charge on any atom is 0.402 e. The third-order valence-electron chi connectivity index (χ3n) is 1.80. The smallest absolute Gasteiger partial charge is 0.402 e. The molecule has 0 saturated heterocycles. The van der Waals surface area contributed by atoms with E-state index in [1.54, 1.807) is 13.8 Å². The lowest BCUT2D eigenvalue weighted by atomic mass is 10.2. The second-order valence-corrected chi connectivity index (χ2v) is 5.01. The summed E-state index contributed by atoms with van der Waals surface area (Å²) in [5.74, 6) is -0.226. The largest absolute Gasteiger partial charge is 0.465 e. The number of ether oxygens (including phenoxy) is 1. The molecule has 0 bridgehead atoms. The van der Waals surface area contributed by atoms with E-state index in [0.717, 1.165) is 5.69 Å². The van der Waals surface area contributed by atoms with Crippen molar-refractivity contribution >= 4 is 48.2 Å². The summed E-state index contributed by atoms with van der Waals surface area (Å²) in [4.78, 5) is 63.9. The molecule has 0 aliphatic heterocycles. The Hall–Kier alpha value is -5.89. The highest BCUT2D eigenvalue weighted by Gasteiger charge is 2.12. The SMILES string of the molecule is CCOC(=O)[C@H](C)Nc1ccccc1.NC(=O)O.NC(=O)O.NC(=O)O.NC(=O)O.NC(=O)O.NC(=O)O. The Labute approximate surface area is 214 Å². The van der Waals surface area contributed by atoms with E-state index >= 15 is 0 Å². The molecule has 19 N–H and O–H groups in total. The van der Waals surface area contributed by atoms with Crippen molar-refractivity contribution in [2.75, 3.05) is 11.9 Å². The summed E-state index contributed by atoms with van der Waals surface area (Å²) < 4.78 is 4.87. The Morgan fingerprint density at radius 2 is 0.895 bits per heavy atom. The Balaban J connectivity index is -0.0000000890. The predicted molar refractivity (Wildman–Crippen MR) is 129 cm³/mol. The highest BCUT2D eigenvalue weighted by molar-refractivity contribution is 5.78. The number of hydrogen-bond acceptors (Lipinski definition) is 9. The fraction of sp³-hybridized carbons (Fsp3) is 0.235. The number of benzene rings is 1. The van der Waals surface area contributed by atoms with Gasteiger partial charge in [-0.1, -0.05) is 18.2 Å². The number of primary amides is 6. The molecule has 1 atom stereocenters. The molecule has 1 aromatic rings. The van der Waals surface area contributed by atoms with Gasteiger partial charge in [-0.15, -0.1) is 0 Å². The van der Waals surface area contributed by atoms with E-state index in [-0.39, 0.29) is 12.0 Å². The van der Waals surface area contributed by atoms with Gasteiger partial charge in [-0.05, 0) is 26.0 Å². The zero-order chi connectivity index (χ0) is 31.9. The Morgan fingerprint density at radius 3 is 1.11 bits per heavy atom. The predicted octanol–water partition coefficient (Wildman–Crippen LogP) is -0.211. The van der Waals surface area contributed by atoms with Crippen molar-refractivity contribution in [3.63, 3.8) is 0 Å². The Morgan fingerprint density at radius 1 is 0.658 bits per heavy atom.